The highest BCUT2D eigenvalue weighted by Crippen LogP contribution is 2.13. The summed E-state index contributed by atoms with van der Waals surface area (Å²) in [6.07, 6.45) is 8.14. The first-order chi connectivity index (χ1) is 7.75. The minimum atomic E-state index is 0.806. The first-order valence-electron chi connectivity index (χ1n) is 5.23. The van der Waals surface area contributed by atoms with Crippen LogP contribution in [0.15, 0.2) is 48.8 Å². The lowest BCUT2D eigenvalue weighted by atomic mass is 10.1. The fourth-order valence-electron chi connectivity index (χ4n) is 1.47. The maximum atomic E-state index is 5.85. The van der Waals surface area contributed by atoms with Gasteiger partial charge in [-0.2, -0.15) is 0 Å². The molecular formula is C14H15N2+. The zero-order valence-corrected chi connectivity index (χ0v) is 9.30. The fourth-order valence-corrected chi connectivity index (χ4v) is 1.47. The predicted molar refractivity (Wildman–Crippen MR) is 67.4 cm³/mol. The number of nitrogen functional groups attached to an aromatic ring is 1. The van der Waals surface area contributed by atoms with Crippen LogP contribution in [0.5, 0.6) is 0 Å². The molecule has 2 rings (SSSR count). The highest BCUT2D eigenvalue weighted by Gasteiger charge is 1.94. The van der Waals surface area contributed by atoms with Crippen LogP contribution in [0, 0.1) is 0 Å². The molecule has 2 nitrogen and oxygen atoms in total. The molecule has 0 bridgehead atoms. The van der Waals surface area contributed by atoms with E-state index in [0.717, 1.165) is 11.3 Å². The van der Waals surface area contributed by atoms with Gasteiger partial charge in [-0.05, 0) is 17.2 Å². The molecule has 0 saturated heterocycles. The fraction of sp³-hybridized carbons (Fsp3) is 0.0714. The summed E-state index contributed by atoms with van der Waals surface area (Å²) in [7, 11) is 2.00. The molecule has 0 unspecified atom stereocenters. The normalized spacial score (nSPS) is 10.8. The molecule has 16 heavy (non-hydrogen) atoms. The summed E-state index contributed by atoms with van der Waals surface area (Å²) in [4.78, 5) is 0. The van der Waals surface area contributed by atoms with E-state index in [4.69, 9.17) is 5.73 Å². The summed E-state index contributed by atoms with van der Waals surface area (Å²) in [6.45, 7) is 0. The molecule has 1 aromatic carbocycles. The monoisotopic (exact) mass is 211 g/mol. The van der Waals surface area contributed by atoms with E-state index in [1.165, 1.54) is 5.56 Å². The number of para-hydroxylation sites is 1. The standard InChI is InChI=1S/C14H14N2/c1-16-10-8-12(9-11-16)6-7-13-4-2-3-5-14(13)15/h2-11,15H,1H3/p+1. The third-order valence-electron chi connectivity index (χ3n) is 2.46. The van der Waals surface area contributed by atoms with E-state index in [1.54, 1.807) is 0 Å². The Hall–Kier alpha value is -2.09. The minimum absolute atomic E-state index is 0.806. The molecule has 0 aliphatic heterocycles. The Morgan fingerprint density at radius 2 is 1.69 bits per heavy atom. The average Bonchev–Trinajstić information content (AvgIpc) is 2.30. The number of nitrogens with two attached hydrogens (primary N) is 1. The minimum Gasteiger partial charge on any atom is -0.398 e. The van der Waals surface area contributed by atoms with Crippen molar-refractivity contribution in [2.75, 3.05) is 5.73 Å². The van der Waals surface area contributed by atoms with Crippen LogP contribution in [0.1, 0.15) is 11.1 Å². The van der Waals surface area contributed by atoms with Crippen molar-refractivity contribution in [1.29, 1.82) is 0 Å². The van der Waals surface area contributed by atoms with Gasteiger partial charge < -0.3 is 5.73 Å². The number of anilines is 1. The van der Waals surface area contributed by atoms with Crippen LogP contribution in [-0.4, -0.2) is 0 Å². The number of hydrogen-bond acceptors (Lipinski definition) is 1. The van der Waals surface area contributed by atoms with Crippen molar-refractivity contribution in [2.24, 2.45) is 7.05 Å². The molecule has 0 radical (unpaired) electrons. The topological polar surface area (TPSA) is 29.9 Å². The third kappa shape index (κ3) is 2.48. The van der Waals surface area contributed by atoms with Gasteiger partial charge in [-0.1, -0.05) is 30.4 Å². The molecular weight excluding hydrogens is 196 g/mol. The summed E-state index contributed by atoms with van der Waals surface area (Å²) in [6, 6.07) is 12.0. The van der Waals surface area contributed by atoms with Crippen molar-refractivity contribution in [1.82, 2.24) is 0 Å². The maximum Gasteiger partial charge on any atom is 0.169 e. The molecule has 1 aromatic heterocycles. The highest BCUT2D eigenvalue weighted by molar-refractivity contribution is 5.75. The molecule has 80 valence electrons. The molecule has 1 heterocycles. The Bertz CT molecular complexity index is 498. The van der Waals surface area contributed by atoms with Crippen LogP contribution in [-0.2, 0) is 7.05 Å². The highest BCUT2D eigenvalue weighted by atomic mass is 14.9. The van der Waals surface area contributed by atoms with E-state index in [2.05, 4.69) is 18.2 Å². The summed E-state index contributed by atoms with van der Waals surface area (Å²) in [5.74, 6) is 0. The van der Waals surface area contributed by atoms with Crippen molar-refractivity contribution in [3.8, 4) is 0 Å². The van der Waals surface area contributed by atoms with E-state index in [9.17, 15) is 0 Å². The van der Waals surface area contributed by atoms with Crippen molar-refractivity contribution in [2.45, 2.75) is 0 Å². The van der Waals surface area contributed by atoms with E-state index in [0.29, 0.717) is 0 Å². The SMILES string of the molecule is C[n+]1ccc(/C=C/c2ccccc2N)cc1. The molecule has 0 spiro atoms. The molecule has 0 saturated carbocycles. The van der Waals surface area contributed by atoms with Crippen LogP contribution < -0.4 is 10.3 Å². The lowest BCUT2D eigenvalue weighted by Gasteiger charge is -1.98. The Morgan fingerprint density at radius 1 is 1.00 bits per heavy atom. The largest absolute Gasteiger partial charge is 0.398 e. The zero-order valence-electron chi connectivity index (χ0n) is 9.30. The summed E-state index contributed by atoms with van der Waals surface area (Å²) < 4.78 is 2.01. The first kappa shape index (κ1) is 10.4. The molecule has 2 aromatic rings. The Morgan fingerprint density at radius 3 is 2.38 bits per heavy atom. The number of benzene rings is 1. The molecule has 2 heteroatoms. The summed E-state index contributed by atoms with van der Waals surface area (Å²) >= 11 is 0. The van der Waals surface area contributed by atoms with Gasteiger partial charge in [0, 0.05) is 17.8 Å². The number of aryl methyl sites for hydroxylation is 1. The molecule has 0 aliphatic carbocycles. The van der Waals surface area contributed by atoms with Gasteiger partial charge in [0.25, 0.3) is 0 Å². The maximum absolute atomic E-state index is 5.85. The van der Waals surface area contributed by atoms with Gasteiger partial charge in [0.05, 0.1) is 0 Å². The van der Waals surface area contributed by atoms with Crippen molar-refractivity contribution < 1.29 is 4.57 Å². The van der Waals surface area contributed by atoms with Gasteiger partial charge in [-0.25, -0.2) is 4.57 Å². The smallest absolute Gasteiger partial charge is 0.169 e. The van der Waals surface area contributed by atoms with Gasteiger partial charge >= 0.3 is 0 Å². The number of nitrogens with zero attached hydrogens (tertiary/aromatic N) is 1. The molecule has 2 N–H and O–H groups in total. The number of hydrogen-bond donors (Lipinski definition) is 1. The molecule has 0 fully saturated rings. The van der Waals surface area contributed by atoms with Crippen LogP contribution in [0.4, 0.5) is 5.69 Å². The van der Waals surface area contributed by atoms with E-state index >= 15 is 0 Å². The molecule has 0 aliphatic rings. The first-order valence-corrected chi connectivity index (χ1v) is 5.23. The quantitative estimate of drug-likeness (QED) is 0.599. The molecule has 0 amide bonds. The Kier molecular flexibility index (Phi) is 3.01. The van der Waals surface area contributed by atoms with E-state index in [-0.39, 0.29) is 0 Å². The number of pyridine rings is 1. The van der Waals surface area contributed by atoms with E-state index < -0.39 is 0 Å². The van der Waals surface area contributed by atoms with Gasteiger partial charge in [0.15, 0.2) is 12.4 Å². The zero-order chi connectivity index (χ0) is 11.4. The summed E-state index contributed by atoms with van der Waals surface area (Å²) in [5.41, 5.74) is 8.88. The molecule has 0 atom stereocenters. The number of aromatic nitrogens is 1. The van der Waals surface area contributed by atoms with Crippen LogP contribution in [0.3, 0.4) is 0 Å². The second-order valence-corrected chi connectivity index (χ2v) is 3.76. The van der Waals surface area contributed by atoms with Crippen molar-refractivity contribution >= 4 is 17.8 Å². The Labute approximate surface area is 95.7 Å². The van der Waals surface area contributed by atoms with Gasteiger partial charge in [-0.3, -0.25) is 0 Å². The second-order valence-electron chi connectivity index (χ2n) is 3.76. The lowest BCUT2D eigenvalue weighted by molar-refractivity contribution is -0.671. The average molecular weight is 211 g/mol. The van der Waals surface area contributed by atoms with Crippen LogP contribution >= 0.6 is 0 Å². The van der Waals surface area contributed by atoms with Gasteiger partial charge in [0.1, 0.15) is 7.05 Å². The van der Waals surface area contributed by atoms with Crippen molar-refractivity contribution in [3.05, 3.63) is 59.9 Å². The Balaban J connectivity index is 2.21. The van der Waals surface area contributed by atoms with Crippen LogP contribution in [0.2, 0.25) is 0 Å². The van der Waals surface area contributed by atoms with Gasteiger partial charge in [-0.15, -0.1) is 0 Å². The number of rotatable bonds is 2. The van der Waals surface area contributed by atoms with Crippen LogP contribution in [0.25, 0.3) is 12.2 Å². The second kappa shape index (κ2) is 4.62. The lowest BCUT2D eigenvalue weighted by Crippen LogP contribution is -2.25. The predicted octanol–water partition coefficient (Wildman–Crippen LogP) is 2.26. The third-order valence-corrected chi connectivity index (χ3v) is 2.46. The van der Waals surface area contributed by atoms with Crippen molar-refractivity contribution in [3.63, 3.8) is 0 Å². The summed E-state index contributed by atoms with van der Waals surface area (Å²) in [5, 5.41) is 0. The van der Waals surface area contributed by atoms with Gasteiger partial charge in [0.2, 0.25) is 0 Å². The van der Waals surface area contributed by atoms with E-state index in [1.807, 2.05) is 54.3 Å².